The summed E-state index contributed by atoms with van der Waals surface area (Å²) in [7, 11) is 0. The Labute approximate surface area is 321 Å². The normalized spacial score (nSPS) is 18.1. The highest BCUT2D eigenvalue weighted by atomic mass is 16.7. The molecule has 3 aromatic carbocycles. The van der Waals surface area contributed by atoms with Crippen LogP contribution >= 0.6 is 0 Å². The van der Waals surface area contributed by atoms with Gasteiger partial charge in [-0.3, -0.25) is 19.0 Å². The predicted octanol–water partition coefficient (Wildman–Crippen LogP) is 4.40. The summed E-state index contributed by atoms with van der Waals surface area (Å²) in [5.74, 6) is -2.51. The Morgan fingerprint density at radius 1 is 0.714 bits per heavy atom. The molecule has 5 atom stereocenters. The largest absolute Gasteiger partial charge is 0.463 e. The highest BCUT2D eigenvalue weighted by Crippen LogP contribution is 2.37. The summed E-state index contributed by atoms with van der Waals surface area (Å²) in [4.78, 5) is 75.4. The van der Waals surface area contributed by atoms with Gasteiger partial charge in [-0.15, -0.1) is 0 Å². The van der Waals surface area contributed by atoms with Crippen molar-refractivity contribution < 1.29 is 52.4 Å². The van der Waals surface area contributed by atoms with Gasteiger partial charge in [0, 0.05) is 32.8 Å². The van der Waals surface area contributed by atoms with Crippen molar-refractivity contribution >= 4 is 41.1 Å². The lowest BCUT2D eigenvalue weighted by Gasteiger charge is -2.23. The molecule has 0 unspecified atom stereocenters. The molecule has 1 fully saturated rings. The van der Waals surface area contributed by atoms with Crippen LogP contribution < -0.4 is 5.32 Å². The fourth-order valence-electron chi connectivity index (χ4n) is 6.13. The summed E-state index contributed by atoms with van der Waals surface area (Å²) in [6, 6.07) is 24.4. The molecule has 16 nitrogen and oxygen atoms in total. The van der Waals surface area contributed by atoms with Crippen molar-refractivity contribution in [3.63, 3.8) is 0 Å². The first kappa shape index (κ1) is 39.0. The summed E-state index contributed by atoms with van der Waals surface area (Å²) in [6.07, 6.45) is -2.18. The lowest BCUT2D eigenvalue weighted by Crippen LogP contribution is -2.43. The van der Waals surface area contributed by atoms with Crippen LogP contribution in [0.4, 0.5) is 4.79 Å². The van der Waals surface area contributed by atoms with Crippen LogP contribution in [0.15, 0.2) is 97.6 Å². The van der Waals surface area contributed by atoms with E-state index in [0.717, 1.165) is 11.1 Å². The Kier molecular flexibility index (Phi) is 12.6. The van der Waals surface area contributed by atoms with E-state index in [1.165, 1.54) is 38.0 Å². The third-order valence-corrected chi connectivity index (χ3v) is 8.65. The van der Waals surface area contributed by atoms with Gasteiger partial charge < -0.3 is 33.7 Å². The molecule has 56 heavy (non-hydrogen) atoms. The molecule has 2 aromatic heterocycles. The second kappa shape index (κ2) is 18.1. The third-order valence-electron chi connectivity index (χ3n) is 8.65. The Morgan fingerprint density at radius 3 is 1.96 bits per heavy atom. The molecule has 1 saturated heterocycles. The molecule has 3 heterocycles. The number of ether oxygens (including phenoxy) is 6. The second-order valence-electron chi connectivity index (χ2n) is 12.8. The standard InChI is InChI=1S/C40H39N5O11/c1-24(46)51-21-32-35(54-25(2)47)36(55-26(3)48)38(56-32)45-23-43-34-33(41-22-42-37(34)45)30-16-14-27(15-17-30)18-31(39(49)52-19-28-10-6-4-7-11-28)44-40(50)53-20-29-12-8-5-9-13-29/h4-17,22-23,31-32,35-36,38H,18-21H2,1-3H3,(H,44,50)/t31-,32+,35+,36+,38+/m0/s1. The molecule has 1 amide bonds. The number of rotatable bonds is 14. The first-order chi connectivity index (χ1) is 27.0. The van der Waals surface area contributed by atoms with Crippen LogP contribution in [-0.2, 0) is 67.2 Å². The van der Waals surface area contributed by atoms with Gasteiger partial charge in [0.05, 0.1) is 6.33 Å². The molecular weight excluding hydrogens is 726 g/mol. The molecule has 0 saturated carbocycles. The minimum absolute atomic E-state index is 0.0230. The third kappa shape index (κ3) is 9.89. The van der Waals surface area contributed by atoms with Crippen LogP contribution in [-0.4, -0.2) is 80.5 Å². The average Bonchev–Trinajstić information content (AvgIpc) is 3.76. The zero-order chi connectivity index (χ0) is 39.6. The number of hydrogen-bond donors (Lipinski definition) is 1. The topological polar surface area (TPSA) is 196 Å². The summed E-state index contributed by atoms with van der Waals surface area (Å²) in [6.45, 7) is 3.42. The maximum Gasteiger partial charge on any atom is 0.408 e. The number of imidazole rings is 1. The van der Waals surface area contributed by atoms with E-state index in [1.54, 1.807) is 24.3 Å². The number of esters is 4. The summed E-state index contributed by atoms with van der Waals surface area (Å²) in [5.41, 5.74) is 4.09. The van der Waals surface area contributed by atoms with Crippen molar-refractivity contribution in [3.05, 3.63) is 114 Å². The van der Waals surface area contributed by atoms with Gasteiger partial charge in [-0.25, -0.2) is 24.5 Å². The highest BCUT2D eigenvalue weighted by molar-refractivity contribution is 5.87. The number of nitrogens with one attached hydrogen (secondary N) is 1. The molecule has 0 spiro atoms. The van der Waals surface area contributed by atoms with E-state index < -0.39 is 60.6 Å². The highest BCUT2D eigenvalue weighted by Gasteiger charge is 2.51. The lowest BCUT2D eigenvalue weighted by atomic mass is 10.0. The number of amides is 1. The van der Waals surface area contributed by atoms with Crippen LogP contribution in [0.5, 0.6) is 0 Å². The molecule has 16 heteroatoms. The van der Waals surface area contributed by atoms with Gasteiger partial charge in [0.15, 0.2) is 24.1 Å². The van der Waals surface area contributed by atoms with Crippen molar-refractivity contribution in [1.82, 2.24) is 24.8 Å². The van der Waals surface area contributed by atoms with E-state index in [1.807, 2.05) is 60.7 Å². The molecule has 0 bridgehead atoms. The van der Waals surface area contributed by atoms with Crippen molar-refractivity contribution in [2.24, 2.45) is 0 Å². The van der Waals surface area contributed by atoms with E-state index in [4.69, 9.17) is 28.4 Å². The van der Waals surface area contributed by atoms with Crippen molar-refractivity contribution in [1.29, 1.82) is 0 Å². The monoisotopic (exact) mass is 765 g/mol. The number of alkyl carbamates (subject to hydrolysis) is 1. The van der Waals surface area contributed by atoms with E-state index in [-0.39, 0.29) is 26.2 Å². The van der Waals surface area contributed by atoms with Crippen molar-refractivity contribution in [3.8, 4) is 11.3 Å². The summed E-state index contributed by atoms with van der Waals surface area (Å²) >= 11 is 0. The maximum absolute atomic E-state index is 13.3. The molecule has 5 aromatic rings. The van der Waals surface area contributed by atoms with Gasteiger partial charge in [0.25, 0.3) is 0 Å². The number of carbonyl (C=O) groups excluding carboxylic acids is 5. The van der Waals surface area contributed by atoms with Gasteiger partial charge in [0.2, 0.25) is 0 Å². The fourth-order valence-corrected chi connectivity index (χ4v) is 6.13. The fraction of sp³-hybridized carbons (Fsp3) is 0.300. The lowest BCUT2D eigenvalue weighted by molar-refractivity contribution is -0.166. The van der Waals surface area contributed by atoms with E-state index in [2.05, 4.69) is 20.3 Å². The molecule has 1 aliphatic heterocycles. The Hall–Kier alpha value is -6.68. The van der Waals surface area contributed by atoms with Gasteiger partial charge in [-0.05, 0) is 16.7 Å². The zero-order valence-electron chi connectivity index (χ0n) is 30.7. The number of fused-ring (bicyclic) bond motifs is 1. The van der Waals surface area contributed by atoms with E-state index in [9.17, 15) is 24.0 Å². The van der Waals surface area contributed by atoms with Crippen LogP contribution in [0.2, 0.25) is 0 Å². The quantitative estimate of drug-likeness (QED) is 0.123. The van der Waals surface area contributed by atoms with Crippen LogP contribution in [0.1, 0.15) is 43.7 Å². The number of hydrogen-bond acceptors (Lipinski definition) is 14. The van der Waals surface area contributed by atoms with Crippen molar-refractivity contribution in [2.75, 3.05) is 6.61 Å². The molecule has 290 valence electrons. The van der Waals surface area contributed by atoms with Crippen LogP contribution in [0.3, 0.4) is 0 Å². The molecule has 0 radical (unpaired) electrons. The predicted molar refractivity (Wildman–Crippen MR) is 196 cm³/mol. The van der Waals surface area contributed by atoms with Gasteiger partial charge in [-0.2, -0.15) is 0 Å². The Bertz CT molecular complexity index is 2160. The van der Waals surface area contributed by atoms with E-state index >= 15 is 0 Å². The number of benzene rings is 3. The average molecular weight is 766 g/mol. The molecule has 0 aliphatic carbocycles. The van der Waals surface area contributed by atoms with Crippen LogP contribution in [0, 0.1) is 0 Å². The first-order valence-electron chi connectivity index (χ1n) is 17.6. The smallest absolute Gasteiger partial charge is 0.408 e. The first-order valence-corrected chi connectivity index (χ1v) is 17.6. The molecule has 1 N–H and O–H groups in total. The SMILES string of the molecule is CC(=O)OC[C@H]1O[C@@H](n2cnc3c(-c4ccc(C[C@H](NC(=O)OCc5ccccc5)C(=O)OCc5ccccc5)cc4)ncnc32)[C@H](OC(C)=O)[C@@H]1OC(C)=O. The zero-order valence-corrected chi connectivity index (χ0v) is 30.7. The Balaban J connectivity index is 1.21. The number of nitrogens with zero attached hydrogens (tertiary/aromatic N) is 4. The minimum atomic E-state index is -1.14. The second-order valence-corrected chi connectivity index (χ2v) is 12.8. The van der Waals surface area contributed by atoms with E-state index in [0.29, 0.717) is 28.0 Å². The van der Waals surface area contributed by atoms with Gasteiger partial charge >= 0.3 is 30.0 Å². The van der Waals surface area contributed by atoms with Gasteiger partial charge in [0.1, 0.15) is 49.5 Å². The van der Waals surface area contributed by atoms with Crippen LogP contribution in [0.25, 0.3) is 22.4 Å². The summed E-state index contributed by atoms with van der Waals surface area (Å²) in [5, 5.41) is 2.65. The summed E-state index contributed by atoms with van der Waals surface area (Å²) < 4.78 is 34.9. The molecule has 1 aliphatic rings. The number of carbonyl (C=O) groups is 5. The maximum atomic E-state index is 13.3. The van der Waals surface area contributed by atoms with Crippen molar-refractivity contribution in [2.45, 2.75) is 71.0 Å². The molecule has 6 rings (SSSR count). The molecular formula is C40H39N5O11. The number of aromatic nitrogens is 4. The Morgan fingerprint density at radius 2 is 1.34 bits per heavy atom. The van der Waals surface area contributed by atoms with Gasteiger partial charge in [-0.1, -0.05) is 84.9 Å². The minimum Gasteiger partial charge on any atom is -0.463 e.